The summed E-state index contributed by atoms with van der Waals surface area (Å²) in [6.07, 6.45) is 3.09. The zero-order chi connectivity index (χ0) is 20.5. The summed E-state index contributed by atoms with van der Waals surface area (Å²) in [6, 6.07) is 8.02. The molecule has 29 heavy (non-hydrogen) atoms. The van der Waals surface area contributed by atoms with E-state index in [1.807, 2.05) is 43.0 Å². The predicted molar refractivity (Wildman–Crippen MR) is 121 cm³/mol. The molecule has 3 aromatic rings. The van der Waals surface area contributed by atoms with E-state index >= 15 is 0 Å². The molecule has 0 atom stereocenters. The van der Waals surface area contributed by atoms with Crippen LogP contribution in [0.1, 0.15) is 35.8 Å². The second kappa shape index (κ2) is 8.32. The molecule has 1 aromatic carbocycles. The van der Waals surface area contributed by atoms with Gasteiger partial charge in [-0.3, -0.25) is 14.2 Å². The van der Waals surface area contributed by atoms with Gasteiger partial charge in [-0.05, 0) is 56.4 Å². The minimum atomic E-state index is -0.0581. The van der Waals surface area contributed by atoms with Gasteiger partial charge in [-0.2, -0.15) is 0 Å². The molecular formula is C22H25N3O2S2. The first kappa shape index (κ1) is 20.2. The van der Waals surface area contributed by atoms with Gasteiger partial charge in [0.1, 0.15) is 4.83 Å². The lowest BCUT2D eigenvalue weighted by atomic mass is 10.1. The summed E-state index contributed by atoms with van der Waals surface area (Å²) in [5.41, 5.74) is 2.95. The average Bonchev–Trinajstić information content (AvgIpc) is 3.35. The fourth-order valence-electron chi connectivity index (χ4n) is 3.66. The molecule has 0 saturated carbocycles. The Morgan fingerprint density at radius 3 is 2.52 bits per heavy atom. The van der Waals surface area contributed by atoms with E-state index in [9.17, 15) is 9.59 Å². The van der Waals surface area contributed by atoms with E-state index in [-0.39, 0.29) is 11.5 Å². The van der Waals surface area contributed by atoms with Crippen LogP contribution in [-0.2, 0) is 11.2 Å². The molecule has 0 spiro atoms. The molecule has 5 nitrogen and oxygen atoms in total. The zero-order valence-corrected chi connectivity index (χ0v) is 18.7. The van der Waals surface area contributed by atoms with E-state index in [0.717, 1.165) is 53.3 Å². The normalized spacial score (nSPS) is 14.1. The predicted octanol–water partition coefficient (Wildman–Crippen LogP) is 4.34. The maximum atomic E-state index is 13.5. The summed E-state index contributed by atoms with van der Waals surface area (Å²) in [7, 11) is 0. The summed E-state index contributed by atoms with van der Waals surface area (Å²) in [5.74, 6) is 0.419. The molecule has 0 N–H and O–H groups in total. The van der Waals surface area contributed by atoms with E-state index in [1.54, 1.807) is 15.9 Å². The van der Waals surface area contributed by atoms with Crippen LogP contribution in [0.4, 0.5) is 0 Å². The number of amides is 1. The highest BCUT2D eigenvalue weighted by atomic mass is 32.2. The van der Waals surface area contributed by atoms with Crippen molar-refractivity contribution in [2.45, 2.75) is 45.2 Å². The van der Waals surface area contributed by atoms with Gasteiger partial charge in [-0.1, -0.05) is 30.8 Å². The molecule has 7 heteroatoms. The number of carbonyl (C=O) groups is 1. The lowest BCUT2D eigenvalue weighted by Crippen LogP contribution is -2.29. The molecule has 1 saturated heterocycles. The molecule has 0 unspecified atom stereocenters. The smallest absolute Gasteiger partial charge is 0.267 e. The summed E-state index contributed by atoms with van der Waals surface area (Å²) in [4.78, 5) is 34.6. The van der Waals surface area contributed by atoms with Gasteiger partial charge in [0.15, 0.2) is 5.16 Å². The number of benzene rings is 1. The van der Waals surface area contributed by atoms with Crippen LogP contribution in [-0.4, -0.2) is 39.2 Å². The van der Waals surface area contributed by atoms with Crippen molar-refractivity contribution in [2.24, 2.45) is 0 Å². The molecule has 152 valence electrons. The van der Waals surface area contributed by atoms with Crippen LogP contribution in [0.3, 0.4) is 0 Å². The molecule has 3 heterocycles. The number of aromatic nitrogens is 2. The number of nitrogens with zero attached hydrogens (tertiary/aromatic N) is 3. The molecule has 1 aliphatic rings. The second-order valence-electron chi connectivity index (χ2n) is 7.39. The Labute approximate surface area is 178 Å². The Balaban J connectivity index is 1.78. The van der Waals surface area contributed by atoms with Crippen LogP contribution in [0.2, 0.25) is 0 Å². The minimum absolute atomic E-state index is 0.0581. The Morgan fingerprint density at radius 1 is 1.17 bits per heavy atom. The van der Waals surface area contributed by atoms with E-state index in [0.29, 0.717) is 16.3 Å². The zero-order valence-electron chi connectivity index (χ0n) is 17.0. The van der Waals surface area contributed by atoms with Gasteiger partial charge in [-0.25, -0.2) is 4.98 Å². The average molecular weight is 428 g/mol. The number of aryl methyl sites for hydroxylation is 3. The molecule has 1 amide bonds. The minimum Gasteiger partial charge on any atom is -0.342 e. The highest BCUT2D eigenvalue weighted by Crippen LogP contribution is 2.30. The van der Waals surface area contributed by atoms with Gasteiger partial charge in [-0.15, -0.1) is 11.3 Å². The lowest BCUT2D eigenvalue weighted by molar-refractivity contribution is -0.127. The maximum absolute atomic E-state index is 13.5. The number of thiophene rings is 1. The van der Waals surface area contributed by atoms with Crippen LogP contribution in [0.5, 0.6) is 0 Å². The third kappa shape index (κ3) is 3.85. The molecule has 2 aromatic heterocycles. The van der Waals surface area contributed by atoms with Crippen LogP contribution < -0.4 is 5.56 Å². The maximum Gasteiger partial charge on any atom is 0.267 e. The molecular weight excluding hydrogens is 402 g/mol. The number of thioether (sulfide) groups is 1. The van der Waals surface area contributed by atoms with Crippen LogP contribution >= 0.6 is 23.1 Å². The fraction of sp³-hybridized carbons (Fsp3) is 0.409. The number of carbonyl (C=O) groups excluding carboxylic acids is 1. The third-order valence-corrected chi connectivity index (χ3v) is 7.58. The van der Waals surface area contributed by atoms with Crippen LogP contribution in [0.15, 0.2) is 34.2 Å². The first-order valence-electron chi connectivity index (χ1n) is 10.0. The van der Waals surface area contributed by atoms with Crippen molar-refractivity contribution < 1.29 is 4.79 Å². The molecule has 4 rings (SSSR count). The molecule has 1 fully saturated rings. The third-order valence-electron chi connectivity index (χ3n) is 5.56. The van der Waals surface area contributed by atoms with Crippen molar-refractivity contribution >= 4 is 39.2 Å². The van der Waals surface area contributed by atoms with Gasteiger partial charge in [0.05, 0.1) is 16.8 Å². The Bertz CT molecular complexity index is 1110. The highest BCUT2D eigenvalue weighted by Gasteiger charge is 2.21. The largest absolute Gasteiger partial charge is 0.342 e. The number of hydrogen-bond acceptors (Lipinski definition) is 5. The van der Waals surface area contributed by atoms with Crippen molar-refractivity contribution in [2.75, 3.05) is 18.8 Å². The van der Waals surface area contributed by atoms with Gasteiger partial charge >= 0.3 is 0 Å². The number of rotatable bonds is 5. The summed E-state index contributed by atoms with van der Waals surface area (Å²) >= 11 is 2.90. The van der Waals surface area contributed by atoms with Crippen molar-refractivity contribution in [3.63, 3.8) is 0 Å². The SMILES string of the molecule is CCc1ccc(-n2c(SCC(=O)N3CCCC3)nc3sc(C)c(C)c3c2=O)cc1. The molecule has 0 radical (unpaired) electrons. The summed E-state index contributed by atoms with van der Waals surface area (Å²) in [6.45, 7) is 7.77. The van der Waals surface area contributed by atoms with E-state index in [1.165, 1.54) is 17.3 Å². The fourth-order valence-corrected chi connectivity index (χ4v) is 5.65. The first-order valence-corrected chi connectivity index (χ1v) is 11.8. The molecule has 1 aliphatic heterocycles. The van der Waals surface area contributed by atoms with E-state index in [2.05, 4.69) is 6.92 Å². The van der Waals surface area contributed by atoms with Gasteiger partial charge in [0, 0.05) is 18.0 Å². The van der Waals surface area contributed by atoms with E-state index < -0.39 is 0 Å². The van der Waals surface area contributed by atoms with Crippen molar-refractivity contribution in [3.05, 3.63) is 50.6 Å². The van der Waals surface area contributed by atoms with Crippen LogP contribution in [0, 0.1) is 13.8 Å². The van der Waals surface area contributed by atoms with Crippen LogP contribution in [0.25, 0.3) is 15.9 Å². The van der Waals surface area contributed by atoms with E-state index in [4.69, 9.17) is 4.98 Å². The molecule has 0 bridgehead atoms. The number of fused-ring (bicyclic) bond motifs is 1. The monoisotopic (exact) mass is 427 g/mol. The molecule has 0 aliphatic carbocycles. The Hall–Kier alpha value is -2.12. The van der Waals surface area contributed by atoms with Gasteiger partial charge in [0.25, 0.3) is 5.56 Å². The Kier molecular flexibility index (Phi) is 5.79. The van der Waals surface area contributed by atoms with Crippen molar-refractivity contribution in [1.82, 2.24) is 14.5 Å². The van der Waals surface area contributed by atoms with Gasteiger partial charge in [0.2, 0.25) is 5.91 Å². The van der Waals surface area contributed by atoms with Crippen molar-refractivity contribution in [3.8, 4) is 5.69 Å². The standard InChI is InChI=1S/C22H25N3O2S2/c1-4-16-7-9-17(10-8-16)25-21(27)19-14(2)15(3)29-20(19)23-22(25)28-13-18(26)24-11-5-6-12-24/h7-10H,4-6,11-13H2,1-3H3. The lowest BCUT2D eigenvalue weighted by Gasteiger charge is -2.16. The second-order valence-corrected chi connectivity index (χ2v) is 9.54. The highest BCUT2D eigenvalue weighted by molar-refractivity contribution is 7.99. The Morgan fingerprint density at radius 2 is 1.86 bits per heavy atom. The number of likely N-dealkylation sites (tertiary alicyclic amines) is 1. The topological polar surface area (TPSA) is 55.2 Å². The van der Waals surface area contributed by atoms with Gasteiger partial charge < -0.3 is 4.90 Å². The first-order chi connectivity index (χ1) is 14.0. The quantitative estimate of drug-likeness (QED) is 0.449. The van der Waals surface area contributed by atoms with Crippen molar-refractivity contribution in [1.29, 1.82) is 0 Å². The summed E-state index contributed by atoms with van der Waals surface area (Å²) < 4.78 is 1.67. The number of hydrogen-bond donors (Lipinski definition) is 0. The summed E-state index contributed by atoms with van der Waals surface area (Å²) in [5, 5.41) is 1.27.